The molecule has 10 rings (SSSR count). The highest BCUT2D eigenvalue weighted by Crippen LogP contribution is 2.47. The fourth-order valence-corrected chi connectivity index (χ4v) is 8.07. The molecule has 0 unspecified atom stereocenters. The summed E-state index contributed by atoms with van der Waals surface area (Å²) < 4.78 is 0. The lowest BCUT2D eigenvalue weighted by Gasteiger charge is -2.43. The van der Waals surface area contributed by atoms with Crippen molar-refractivity contribution in [2.75, 3.05) is 4.81 Å². The largest absolute Gasteiger partial charge is 0.376 e. The second kappa shape index (κ2) is 11.6. The average Bonchev–Trinajstić information content (AvgIpc) is 3.21. The van der Waals surface area contributed by atoms with E-state index in [0.29, 0.717) is 0 Å². The minimum atomic E-state index is 0.0920. The molecule has 0 atom stereocenters. The van der Waals surface area contributed by atoms with Crippen LogP contribution in [0.3, 0.4) is 0 Å². The number of hydrogen-bond acceptors (Lipinski definition) is 1. The fourth-order valence-electron chi connectivity index (χ4n) is 8.07. The van der Waals surface area contributed by atoms with Crippen molar-refractivity contribution in [3.63, 3.8) is 0 Å². The molecule has 0 N–H and O–H groups in total. The summed E-state index contributed by atoms with van der Waals surface area (Å²) in [7, 11) is 0. The van der Waals surface area contributed by atoms with E-state index in [1.165, 1.54) is 89.1 Å². The minimum Gasteiger partial charge on any atom is -0.376 e. The number of rotatable bonds is 4. The summed E-state index contributed by atoms with van der Waals surface area (Å²) in [6, 6.07) is 71.2. The first-order valence-corrected chi connectivity index (χ1v) is 17.4. The molecule has 2 aliphatic heterocycles. The molecule has 8 aromatic rings. The van der Waals surface area contributed by atoms with E-state index in [2.05, 4.69) is 199 Å². The number of hydrogen-bond donors (Lipinski definition) is 0. The Morgan fingerprint density at radius 3 is 1.00 bits per heavy atom. The van der Waals surface area contributed by atoms with Crippen molar-refractivity contribution >= 4 is 29.1 Å². The zero-order valence-corrected chi connectivity index (χ0v) is 27.5. The lowest BCUT2D eigenvalue weighted by molar-refractivity contribution is 1.35. The van der Waals surface area contributed by atoms with Gasteiger partial charge in [-0.15, -0.1) is 0 Å². The maximum atomic E-state index is 2.58. The molecule has 0 fully saturated rings. The van der Waals surface area contributed by atoms with Gasteiger partial charge in [0, 0.05) is 22.5 Å². The van der Waals surface area contributed by atoms with Crippen molar-refractivity contribution in [2.45, 2.75) is 0 Å². The first-order valence-electron chi connectivity index (χ1n) is 17.4. The van der Waals surface area contributed by atoms with Gasteiger partial charge in [-0.2, -0.15) is 0 Å². The van der Waals surface area contributed by atoms with Gasteiger partial charge in [0.2, 0.25) is 0 Å². The Morgan fingerprint density at radius 2 is 0.580 bits per heavy atom. The Kier molecular flexibility index (Phi) is 6.67. The molecular weight excluding hydrogens is 601 g/mol. The van der Waals surface area contributed by atoms with Crippen LogP contribution in [0.2, 0.25) is 0 Å². The number of anilines is 2. The lowest BCUT2D eigenvalue weighted by atomic mass is 9.43. The minimum absolute atomic E-state index is 0.0920. The van der Waals surface area contributed by atoms with E-state index in [1.807, 2.05) is 0 Å². The van der Waals surface area contributed by atoms with Gasteiger partial charge in [-0.3, -0.25) is 0 Å². The fraction of sp³-hybridized carbons (Fsp3) is 0. The standard InChI is InChI=1S/C48H32BN/c1-3-11-33(12-4-1)35-19-23-37(24-20-35)39-27-29-47-43(31-39)41-15-7-9-17-45(41)49-46-18-10-8-16-42(46)44-32-40(28-30-48(44)50(47)49)38-25-21-36(22-26-38)34-13-5-2-6-14-34/h1-32H. The van der Waals surface area contributed by atoms with E-state index < -0.39 is 0 Å². The summed E-state index contributed by atoms with van der Waals surface area (Å²) in [4.78, 5) is 2.58. The van der Waals surface area contributed by atoms with Crippen molar-refractivity contribution in [3.05, 3.63) is 194 Å². The molecule has 50 heavy (non-hydrogen) atoms. The first-order chi connectivity index (χ1) is 24.8. The molecule has 0 bridgehead atoms. The van der Waals surface area contributed by atoms with E-state index in [-0.39, 0.29) is 6.85 Å². The molecular formula is C48H32BN. The summed E-state index contributed by atoms with van der Waals surface area (Å²) >= 11 is 0. The normalized spacial score (nSPS) is 12.3. The van der Waals surface area contributed by atoms with Gasteiger partial charge in [-0.25, -0.2) is 0 Å². The SMILES string of the molecule is c1ccc(-c2ccc(-c3ccc4c(c3)-c3ccccc3B3c5ccccc5-c5cc(-c6ccc(-c7ccccc7)cc6)ccc5N34)cc2)cc1. The molecule has 2 aliphatic rings. The Hall–Kier alpha value is -6.38. The van der Waals surface area contributed by atoms with E-state index in [1.54, 1.807) is 0 Å². The molecule has 0 radical (unpaired) electrons. The summed E-state index contributed by atoms with van der Waals surface area (Å²) in [5.41, 5.74) is 20.2. The summed E-state index contributed by atoms with van der Waals surface area (Å²) in [5, 5.41) is 0. The van der Waals surface area contributed by atoms with E-state index in [0.717, 1.165) is 0 Å². The van der Waals surface area contributed by atoms with Crippen LogP contribution >= 0.6 is 0 Å². The third-order valence-electron chi connectivity index (χ3n) is 10.5. The zero-order chi connectivity index (χ0) is 33.0. The molecule has 232 valence electrons. The van der Waals surface area contributed by atoms with Gasteiger partial charge in [-0.1, -0.05) is 170 Å². The molecule has 2 heteroatoms. The predicted octanol–water partition coefficient (Wildman–Crippen LogP) is 11.3. The van der Waals surface area contributed by atoms with Crippen LogP contribution in [0.5, 0.6) is 0 Å². The van der Waals surface area contributed by atoms with Crippen LogP contribution < -0.4 is 15.7 Å². The van der Waals surface area contributed by atoms with Gasteiger partial charge in [0.25, 0.3) is 0 Å². The smallest absolute Gasteiger partial charge is 0.329 e. The van der Waals surface area contributed by atoms with Crippen LogP contribution in [0.25, 0.3) is 66.8 Å². The van der Waals surface area contributed by atoms with Gasteiger partial charge >= 0.3 is 6.85 Å². The maximum absolute atomic E-state index is 2.58. The van der Waals surface area contributed by atoms with Gasteiger partial charge in [0.05, 0.1) is 0 Å². The van der Waals surface area contributed by atoms with Gasteiger partial charge < -0.3 is 4.81 Å². The highest BCUT2D eigenvalue weighted by molar-refractivity contribution is 6.92. The van der Waals surface area contributed by atoms with Gasteiger partial charge in [0.1, 0.15) is 0 Å². The molecule has 0 aliphatic carbocycles. The molecule has 8 aromatic carbocycles. The molecule has 1 nitrogen and oxygen atoms in total. The van der Waals surface area contributed by atoms with Crippen LogP contribution in [0.4, 0.5) is 11.4 Å². The van der Waals surface area contributed by atoms with Crippen LogP contribution in [0, 0.1) is 0 Å². The van der Waals surface area contributed by atoms with E-state index in [4.69, 9.17) is 0 Å². The number of fused-ring (bicyclic) bond motifs is 11. The van der Waals surface area contributed by atoms with Crippen molar-refractivity contribution in [1.29, 1.82) is 0 Å². The maximum Gasteiger partial charge on any atom is 0.329 e. The van der Waals surface area contributed by atoms with Crippen LogP contribution in [-0.2, 0) is 0 Å². The van der Waals surface area contributed by atoms with Crippen molar-refractivity contribution in [3.8, 4) is 66.8 Å². The van der Waals surface area contributed by atoms with E-state index in [9.17, 15) is 0 Å². The monoisotopic (exact) mass is 633 g/mol. The second-order valence-corrected chi connectivity index (χ2v) is 13.3. The number of benzene rings is 8. The van der Waals surface area contributed by atoms with Gasteiger partial charge in [-0.05, 0) is 90.8 Å². The second-order valence-electron chi connectivity index (χ2n) is 13.3. The molecule has 0 aromatic heterocycles. The quantitative estimate of drug-likeness (QED) is 0.174. The van der Waals surface area contributed by atoms with E-state index >= 15 is 0 Å². The third kappa shape index (κ3) is 4.64. The Morgan fingerprint density at radius 1 is 0.260 bits per heavy atom. The van der Waals surface area contributed by atoms with Gasteiger partial charge in [0.15, 0.2) is 0 Å². The highest BCUT2D eigenvalue weighted by Gasteiger charge is 2.42. The van der Waals surface area contributed by atoms with Crippen molar-refractivity contribution in [2.24, 2.45) is 0 Å². The van der Waals surface area contributed by atoms with Crippen LogP contribution in [0.1, 0.15) is 0 Å². The third-order valence-corrected chi connectivity index (χ3v) is 10.5. The molecule has 0 saturated heterocycles. The average molecular weight is 634 g/mol. The lowest BCUT2D eigenvalue weighted by Crippen LogP contribution is -2.59. The molecule has 2 heterocycles. The Labute approximate surface area is 293 Å². The number of nitrogens with zero attached hydrogens (tertiary/aromatic N) is 1. The summed E-state index contributed by atoms with van der Waals surface area (Å²) in [6.45, 7) is 0.0920. The van der Waals surface area contributed by atoms with Crippen molar-refractivity contribution < 1.29 is 0 Å². The predicted molar refractivity (Wildman–Crippen MR) is 213 cm³/mol. The molecule has 0 spiro atoms. The zero-order valence-electron chi connectivity index (χ0n) is 27.5. The molecule has 0 amide bonds. The first kappa shape index (κ1) is 28.6. The van der Waals surface area contributed by atoms with Crippen LogP contribution in [0.15, 0.2) is 194 Å². The topological polar surface area (TPSA) is 3.24 Å². The Bertz CT molecular complexity index is 2340. The summed E-state index contributed by atoms with van der Waals surface area (Å²) in [6.07, 6.45) is 0. The summed E-state index contributed by atoms with van der Waals surface area (Å²) in [5.74, 6) is 0. The Balaban J connectivity index is 1.09. The van der Waals surface area contributed by atoms with Crippen LogP contribution in [-0.4, -0.2) is 6.85 Å². The highest BCUT2D eigenvalue weighted by atomic mass is 15.1. The molecule has 0 saturated carbocycles. The van der Waals surface area contributed by atoms with Crippen molar-refractivity contribution in [1.82, 2.24) is 0 Å².